The van der Waals surface area contributed by atoms with Crippen LogP contribution in [0.5, 0.6) is 0 Å². The van der Waals surface area contributed by atoms with Crippen molar-refractivity contribution < 1.29 is 4.79 Å². The van der Waals surface area contributed by atoms with Gasteiger partial charge in [-0.25, -0.2) is 15.0 Å². The highest BCUT2D eigenvalue weighted by atomic mass is 16.1. The maximum Gasteiger partial charge on any atom is 0.239 e. The quantitative estimate of drug-likeness (QED) is 0.559. The van der Waals surface area contributed by atoms with Gasteiger partial charge in [0.15, 0.2) is 5.65 Å². The van der Waals surface area contributed by atoms with Gasteiger partial charge in [0.2, 0.25) is 17.7 Å². The molecule has 9 heteroatoms. The number of amides is 1. The minimum absolute atomic E-state index is 0.395. The van der Waals surface area contributed by atoms with Crippen molar-refractivity contribution in [2.75, 3.05) is 5.32 Å². The molecule has 1 amide bonds. The summed E-state index contributed by atoms with van der Waals surface area (Å²) >= 11 is 0. The molecule has 3 heterocycles. The second-order valence-electron chi connectivity index (χ2n) is 5.72. The molecule has 9 nitrogen and oxygen atoms in total. The Hall–Kier alpha value is -3.62. The molecular weight excluding hydrogens is 332 g/mol. The summed E-state index contributed by atoms with van der Waals surface area (Å²) in [5, 5.41) is 8.41. The zero-order chi connectivity index (χ0) is 18.1. The third-order valence-electron chi connectivity index (χ3n) is 4.03. The van der Waals surface area contributed by atoms with Gasteiger partial charge in [-0.2, -0.15) is 4.52 Å². The van der Waals surface area contributed by atoms with E-state index in [9.17, 15) is 4.79 Å². The summed E-state index contributed by atoms with van der Waals surface area (Å²) in [4.78, 5) is 29.1. The number of carbonyl (C=O) groups is 1. The average Bonchev–Trinajstić information content (AvgIpc) is 3.12. The van der Waals surface area contributed by atoms with Crippen LogP contribution in [0.1, 0.15) is 13.3 Å². The van der Waals surface area contributed by atoms with E-state index in [1.54, 1.807) is 23.1 Å². The molecule has 0 bridgehead atoms. The lowest BCUT2D eigenvalue weighted by Gasteiger charge is -2.15. The Kier molecular flexibility index (Phi) is 3.88. The molecule has 0 radical (unpaired) electrons. The van der Waals surface area contributed by atoms with Crippen LogP contribution in [0.15, 0.2) is 42.9 Å². The van der Waals surface area contributed by atoms with Gasteiger partial charge in [-0.15, -0.1) is 5.10 Å². The number of hydrogen-bond acceptors (Lipinski definition) is 7. The Morgan fingerprint density at radius 2 is 2.12 bits per heavy atom. The first-order valence-electron chi connectivity index (χ1n) is 8.15. The van der Waals surface area contributed by atoms with E-state index < -0.39 is 11.9 Å². The van der Waals surface area contributed by atoms with Crippen molar-refractivity contribution in [3.63, 3.8) is 0 Å². The second-order valence-corrected chi connectivity index (χ2v) is 5.72. The van der Waals surface area contributed by atoms with Crippen LogP contribution in [-0.2, 0) is 4.79 Å². The van der Waals surface area contributed by atoms with E-state index in [0.717, 1.165) is 10.9 Å². The highest BCUT2D eigenvalue weighted by Gasteiger charge is 2.19. The van der Waals surface area contributed by atoms with E-state index >= 15 is 0 Å². The molecule has 0 aliphatic heterocycles. The molecule has 4 rings (SSSR count). The fourth-order valence-electron chi connectivity index (χ4n) is 2.70. The van der Waals surface area contributed by atoms with Gasteiger partial charge in [-0.3, -0.25) is 9.78 Å². The highest BCUT2D eigenvalue weighted by Crippen LogP contribution is 2.23. The lowest BCUT2D eigenvalue weighted by Crippen LogP contribution is -2.35. The molecule has 130 valence electrons. The topological polar surface area (TPSA) is 124 Å². The number of benzene rings is 1. The number of fused-ring (bicyclic) bond motifs is 3. The summed E-state index contributed by atoms with van der Waals surface area (Å²) in [6.07, 6.45) is 5.28. The van der Waals surface area contributed by atoms with Crippen molar-refractivity contribution in [3.8, 4) is 11.5 Å². The molecule has 4 aromatic rings. The van der Waals surface area contributed by atoms with E-state index in [0.29, 0.717) is 29.5 Å². The van der Waals surface area contributed by atoms with Crippen LogP contribution >= 0.6 is 0 Å². The van der Waals surface area contributed by atoms with Gasteiger partial charge in [0.05, 0.1) is 11.7 Å². The van der Waals surface area contributed by atoms with E-state index in [-0.39, 0.29) is 0 Å². The molecule has 0 saturated heterocycles. The highest BCUT2D eigenvalue weighted by molar-refractivity contribution is 5.93. The number of hydrogen-bond donors (Lipinski definition) is 2. The number of primary amides is 1. The van der Waals surface area contributed by atoms with Crippen molar-refractivity contribution in [2.24, 2.45) is 5.73 Å². The Labute approximate surface area is 148 Å². The normalized spacial score (nSPS) is 12.3. The maximum atomic E-state index is 11.6. The molecule has 0 spiro atoms. The maximum absolute atomic E-state index is 11.6. The molecule has 1 atom stereocenters. The summed E-state index contributed by atoms with van der Waals surface area (Å²) in [7, 11) is 0. The Bertz CT molecular complexity index is 1090. The predicted octanol–water partition coefficient (Wildman–Crippen LogP) is 1.41. The number of nitrogens with zero attached hydrogens (tertiary/aromatic N) is 6. The van der Waals surface area contributed by atoms with Gasteiger partial charge in [0.25, 0.3) is 0 Å². The van der Waals surface area contributed by atoms with Crippen molar-refractivity contribution >= 4 is 28.4 Å². The van der Waals surface area contributed by atoms with E-state index in [1.807, 2.05) is 31.2 Å². The first-order chi connectivity index (χ1) is 12.7. The molecule has 1 aromatic carbocycles. The van der Waals surface area contributed by atoms with Gasteiger partial charge in [0.1, 0.15) is 11.7 Å². The van der Waals surface area contributed by atoms with Gasteiger partial charge in [-0.1, -0.05) is 19.1 Å². The van der Waals surface area contributed by atoms with E-state index in [1.165, 1.54) is 0 Å². The number of carbonyl (C=O) groups excluding carboxylic acids is 1. The van der Waals surface area contributed by atoms with Crippen molar-refractivity contribution in [1.82, 2.24) is 29.5 Å². The van der Waals surface area contributed by atoms with Crippen molar-refractivity contribution in [3.05, 3.63) is 42.9 Å². The molecule has 26 heavy (non-hydrogen) atoms. The van der Waals surface area contributed by atoms with Crippen LogP contribution in [0.2, 0.25) is 0 Å². The average molecular weight is 348 g/mol. The molecule has 0 aliphatic rings. The Balaban J connectivity index is 1.94. The largest absolute Gasteiger partial charge is 0.368 e. The summed E-state index contributed by atoms with van der Waals surface area (Å²) in [6.45, 7) is 1.87. The predicted molar refractivity (Wildman–Crippen MR) is 96.2 cm³/mol. The van der Waals surface area contributed by atoms with Gasteiger partial charge in [-0.05, 0) is 18.6 Å². The zero-order valence-corrected chi connectivity index (χ0v) is 14.0. The summed E-state index contributed by atoms with van der Waals surface area (Å²) in [5.41, 5.74) is 7.35. The molecule has 0 fully saturated rings. The zero-order valence-electron chi connectivity index (χ0n) is 14.0. The standard InChI is InChI=1S/C17H16N8O/c1-2-11(14(18)26)21-17-22-12-6-4-3-5-10(12)16-23-15(24-25(16)17)13-9-19-7-8-20-13/h3-9,11H,2H2,1H3,(H2,18,26)(H,21,22)/t11-/m1/s1. The van der Waals surface area contributed by atoms with E-state index in [4.69, 9.17) is 5.73 Å². The Morgan fingerprint density at radius 1 is 1.27 bits per heavy atom. The second kappa shape index (κ2) is 6.36. The number of rotatable bonds is 5. The third kappa shape index (κ3) is 2.69. The number of nitrogens with two attached hydrogens (primary N) is 1. The fourth-order valence-corrected chi connectivity index (χ4v) is 2.70. The first kappa shape index (κ1) is 15.9. The van der Waals surface area contributed by atoms with Crippen LogP contribution in [0, 0.1) is 0 Å². The number of aromatic nitrogens is 6. The van der Waals surface area contributed by atoms with Crippen molar-refractivity contribution in [1.29, 1.82) is 0 Å². The molecule has 0 saturated carbocycles. The molecule has 0 aliphatic carbocycles. The minimum Gasteiger partial charge on any atom is -0.368 e. The van der Waals surface area contributed by atoms with Gasteiger partial charge in [0, 0.05) is 17.8 Å². The Morgan fingerprint density at radius 3 is 2.85 bits per heavy atom. The van der Waals surface area contributed by atoms with Crippen LogP contribution in [-0.4, -0.2) is 41.5 Å². The molecule has 0 unspecified atom stereocenters. The summed E-state index contributed by atoms with van der Waals surface area (Å²) < 4.78 is 1.57. The summed E-state index contributed by atoms with van der Waals surface area (Å²) in [5.74, 6) is 0.364. The van der Waals surface area contributed by atoms with Crippen LogP contribution in [0.4, 0.5) is 5.95 Å². The molecule has 3 N–H and O–H groups in total. The van der Waals surface area contributed by atoms with Crippen LogP contribution in [0.25, 0.3) is 28.1 Å². The smallest absolute Gasteiger partial charge is 0.239 e. The summed E-state index contributed by atoms with van der Waals surface area (Å²) in [6, 6.07) is 7.04. The number of anilines is 1. The SMILES string of the molecule is CC[C@@H](Nc1nc2ccccc2c2nc(-c3cnccn3)nn12)C(N)=O. The van der Waals surface area contributed by atoms with Gasteiger partial charge >= 0.3 is 0 Å². The fraction of sp³-hybridized carbons (Fsp3) is 0.176. The monoisotopic (exact) mass is 348 g/mol. The van der Waals surface area contributed by atoms with Crippen LogP contribution < -0.4 is 11.1 Å². The first-order valence-corrected chi connectivity index (χ1v) is 8.15. The lowest BCUT2D eigenvalue weighted by molar-refractivity contribution is -0.118. The molecule has 3 aromatic heterocycles. The minimum atomic E-state index is -0.559. The van der Waals surface area contributed by atoms with E-state index in [2.05, 4.69) is 30.4 Å². The lowest BCUT2D eigenvalue weighted by atomic mass is 10.2. The number of nitrogens with one attached hydrogen (secondary N) is 1. The third-order valence-corrected chi connectivity index (χ3v) is 4.03. The van der Waals surface area contributed by atoms with Crippen LogP contribution in [0.3, 0.4) is 0 Å². The molecular formula is C17H16N8O. The number of para-hydroxylation sites is 1. The van der Waals surface area contributed by atoms with Gasteiger partial charge < -0.3 is 11.1 Å². The van der Waals surface area contributed by atoms with Crippen molar-refractivity contribution in [2.45, 2.75) is 19.4 Å².